The van der Waals surface area contributed by atoms with Crippen LogP contribution >= 0.6 is 15.9 Å². The second-order valence-electron chi connectivity index (χ2n) is 4.58. The molecule has 0 aliphatic rings. The molecule has 106 valence electrons. The number of nitrogens with one attached hydrogen (secondary N) is 1. The summed E-state index contributed by atoms with van der Waals surface area (Å²) in [7, 11) is 0. The Balaban J connectivity index is 1.71. The SMILES string of the molecule is Cc1cccc(OCCNCc2ccc(Br)cc2F)c1. The first-order valence-corrected chi connectivity index (χ1v) is 7.28. The fraction of sp³-hybridized carbons (Fsp3) is 0.250. The molecule has 2 aromatic rings. The van der Waals surface area contributed by atoms with Crippen LogP contribution in [-0.2, 0) is 6.54 Å². The zero-order chi connectivity index (χ0) is 14.4. The van der Waals surface area contributed by atoms with E-state index in [1.807, 2.05) is 37.3 Å². The number of rotatable bonds is 6. The smallest absolute Gasteiger partial charge is 0.128 e. The monoisotopic (exact) mass is 337 g/mol. The minimum atomic E-state index is -0.202. The van der Waals surface area contributed by atoms with Gasteiger partial charge in [0.2, 0.25) is 0 Å². The molecule has 2 nitrogen and oxygen atoms in total. The van der Waals surface area contributed by atoms with E-state index in [1.54, 1.807) is 6.07 Å². The molecule has 0 saturated heterocycles. The predicted octanol–water partition coefficient (Wildman–Crippen LogP) is 4.07. The van der Waals surface area contributed by atoms with Crippen molar-refractivity contribution in [3.05, 3.63) is 63.9 Å². The zero-order valence-electron chi connectivity index (χ0n) is 11.3. The summed E-state index contributed by atoms with van der Waals surface area (Å²) in [5, 5.41) is 3.17. The number of hydrogen-bond acceptors (Lipinski definition) is 2. The third-order valence-electron chi connectivity index (χ3n) is 2.87. The van der Waals surface area contributed by atoms with E-state index in [9.17, 15) is 4.39 Å². The van der Waals surface area contributed by atoms with Gasteiger partial charge in [0.1, 0.15) is 18.2 Å². The van der Waals surface area contributed by atoms with Crippen LogP contribution in [0.1, 0.15) is 11.1 Å². The third-order valence-corrected chi connectivity index (χ3v) is 3.36. The number of hydrogen-bond donors (Lipinski definition) is 1. The average Bonchev–Trinajstić information content (AvgIpc) is 2.41. The quantitative estimate of drug-likeness (QED) is 0.802. The van der Waals surface area contributed by atoms with Gasteiger partial charge in [0, 0.05) is 23.1 Å². The molecule has 0 unspecified atom stereocenters. The van der Waals surface area contributed by atoms with Gasteiger partial charge in [0.15, 0.2) is 0 Å². The van der Waals surface area contributed by atoms with Gasteiger partial charge in [-0.25, -0.2) is 4.39 Å². The van der Waals surface area contributed by atoms with E-state index in [-0.39, 0.29) is 5.82 Å². The van der Waals surface area contributed by atoms with E-state index in [1.165, 1.54) is 11.6 Å². The van der Waals surface area contributed by atoms with Crippen LogP contribution in [0.25, 0.3) is 0 Å². The topological polar surface area (TPSA) is 21.3 Å². The van der Waals surface area contributed by atoms with Crippen molar-refractivity contribution < 1.29 is 9.13 Å². The van der Waals surface area contributed by atoms with E-state index < -0.39 is 0 Å². The first-order valence-electron chi connectivity index (χ1n) is 6.49. The second-order valence-corrected chi connectivity index (χ2v) is 5.49. The van der Waals surface area contributed by atoms with Crippen molar-refractivity contribution >= 4 is 15.9 Å². The van der Waals surface area contributed by atoms with Gasteiger partial charge in [-0.2, -0.15) is 0 Å². The Hall–Kier alpha value is -1.39. The molecule has 0 aromatic heterocycles. The average molecular weight is 338 g/mol. The molecule has 0 aliphatic heterocycles. The van der Waals surface area contributed by atoms with E-state index in [0.717, 1.165) is 10.2 Å². The molecule has 0 fully saturated rings. The Labute approximate surface area is 127 Å². The summed E-state index contributed by atoms with van der Waals surface area (Å²) in [6, 6.07) is 13.0. The summed E-state index contributed by atoms with van der Waals surface area (Å²) in [5.41, 5.74) is 1.83. The van der Waals surface area contributed by atoms with Crippen molar-refractivity contribution in [1.82, 2.24) is 5.32 Å². The molecule has 2 rings (SSSR count). The molecule has 2 aromatic carbocycles. The first-order chi connectivity index (χ1) is 9.65. The van der Waals surface area contributed by atoms with Crippen molar-refractivity contribution in [1.29, 1.82) is 0 Å². The van der Waals surface area contributed by atoms with Crippen LogP contribution in [0, 0.1) is 12.7 Å². The molecule has 4 heteroatoms. The Kier molecular flexibility index (Phi) is 5.56. The van der Waals surface area contributed by atoms with Crippen molar-refractivity contribution in [2.75, 3.05) is 13.2 Å². The largest absolute Gasteiger partial charge is 0.492 e. The summed E-state index contributed by atoms with van der Waals surface area (Å²) in [6.07, 6.45) is 0. The molecule has 0 amide bonds. The summed E-state index contributed by atoms with van der Waals surface area (Å²) in [4.78, 5) is 0. The zero-order valence-corrected chi connectivity index (χ0v) is 12.9. The highest BCUT2D eigenvalue weighted by atomic mass is 79.9. The highest BCUT2D eigenvalue weighted by Gasteiger charge is 2.02. The number of ether oxygens (including phenoxy) is 1. The van der Waals surface area contributed by atoms with E-state index >= 15 is 0 Å². The van der Waals surface area contributed by atoms with Gasteiger partial charge in [-0.1, -0.05) is 34.1 Å². The summed E-state index contributed by atoms with van der Waals surface area (Å²) in [5.74, 6) is 0.660. The van der Waals surface area contributed by atoms with E-state index in [4.69, 9.17) is 4.74 Å². The van der Waals surface area contributed by atoms with E-state index in [2.05, 4.69) is 21.2 Å². The van der Waals surface area contributed by atoms with Crippen LogP contribution in [0.2, 0.25) is 0 Å². The molecule has 0 aliphatic carbocycles. The molecular formula is C16H17BrFNO. The van der Waals surface area contributed by atoms with Gasteiger partial charge in [0.05, 0.1) is 0 Å². The maximum Gasteiger partial charge on any atom is 0.128 e. The molecule has 0 saturated carbocycles. The van der Waals surface area contributed by atoms with Gasteiger partial charge in [-0.3, -0.25) is 0 Å². The Morgan fingerprint density at radius 3 is 2.80 bits per heavy atom. The maximum atomic E-state index is 13.6. The van der Waals surface area contributed by atoms with Crippen LogP contribution in [0.3, 0.4) is 0 Å². The molecular weight excluding hydrogens is 321 g/mol. The summed E-state index contributed by atoms with van der Waals surface area (Å²) < 4.78 is 19.9. The van der Waals surface area contributed by atoms with Crippen LogP contribution in [-0.4, -0.2) is 13.2 Å². The van der Waals surface area contributed by atoms with Gasteiger partial charge in [-0.05, 0) is 36.8 Å². The molecule has 0 heterocycles. The fourth-order valence-electron chi connectivity index (χ4n) is 1.83. The molecule has 1 N–H and O–H groups in total. The minimum absolute atomic E-state index is 0.202. The van der Waals surface area contributed by atoms with Gasteiger partial charge >= 0.3 is 0 Å². The van der Waals surface area contributed by atoms with Gasteiger partial charge < -0.3 is 10.1 Å². The van der Waals surface area contributed by atoms with Gasteiger partial charge in [-0.15, -0.1) is 0 Å². The van der Waals surface area contributed by atoms with Crippen molar-refractivity contribution in [3.63, 3.8) is 0 Å². The lowest BCUT2D eigenvalue weighted by Gasteiger charge is -2.09. The normalized spacial score (nSPS) is 10.6. The molecule has 0 atom stereocenters. The Morgan fingerprint density at radius 1 is 1.20 bits per heavy atom. The molecule has 0 bridgehead atoms. The number of aryl methyl sites for hydroxylation is 1. The highest BCUT2D eigenvalue weighted by molar-refractivity contribution is 9.10. The predicted molar refractivity (Wildman–Crippen MR) is 82.5 cm³/mol. The van der Waals surface area contributed by atoms with Crippen molar-refractivity contribution in [2.24, 2.45) is 0 Å². The van der Waals surface area contributed by atoms with Crippen molar-refractivity contribution in [2.45, 2.75) is 13.5 Å². The highest BCUT2D eigenvalue weighted by Crippen LogP contribution is 2.15. The molecule has 0 spiro atoms. The fourth-order valence-corrected chi connectivity index (χ4v) is 2.17. The lowest BCUT2D eigenvalue weighted by molar-refractivity contribution is 0.313. The Bertz CT molecular complexity index is 574. The van der Waals surface area contributed by atoms with Crippen molar-refractivity contribution in [3.8, 4) is 5.75 Å². The van der Waals surface area contributed by atoms with Crippen LogP contribution in [0.15, 0.2) is 46.9 Å². The summed E-state index contributed by atoms with van der Waals surface area (Å²) in [6.45, 7) is 3.75. The van der Waals surface area contributed by atoms with Crippen LogP contribution in [0.4, 0.5) is 4.39 Å². The summed E-state index contributed by atoms with van der Waals surface area (Å²) >= 11 is 3.24. The van der Waals surface area contributed by atoms with Gasteiger partial charge in [0.25, 0.3) is 0 Å². The number of halogens is 2. The maximum absolute atomic E-state index is 13.6. The minimum Gasteiger partial charge on any atom is -0.492 e. The van der Waals surface area contributed by atoms with Crippen LogP contribution < -0.4 is 10.1 Å². The van der Waals surface area contributed by atoms with Crippen LogP contribution in [0.5, 0.6) is 5.75 Å². The number of benzene rings is 2. The Morgan fingerprint density at radius 2 is 2.05 bits per heavy atom. The first kappa shape index (κ1) is 15.0. The lowest BCUT2D eigenvalue weighted by Crippen LogP contribution is -2.21. The van der Waals surface area contributed by atoms with E-state index in [0.29, 0.717) is 25.3 Å². The second kappa shape index (κ2) is 7.41. The third kappa shape index (κ3) is 4.62. The molecule has 0 radical (unpaired) electrons. The standard InChI is InChI=1S/C16H17BrFNO/c1-12-3-2-4-15(9-12)20-8-7-19-11-13-5-6-14(17)10-16(13)18/h2-6,9-10,19H,7-8,11H2,1H3. The lowest BCUT2D eigenvalue weighted by atomic mass is 10.2. The molecule has 20 heavy (non-hydrogen) atoms.